The Labute approximate surface area is 166 Å². The fourth-order valence-electron chi connectivity index (χ4n) is 4.78. The lowest BCUT2D eigenvalue weighted by Gasteiger charge is -2.36. The summed E-state index contributed by atoms with van der Waals surface area (Å²) in [5.41, 5.74) is 5.43. The first-order valence-electron chi connectivity index (χ1n) is 10.4. The second kappa shape index (κ2) is 7.48. The number of allylic oxidation sites excluding steroid dienone is 4. The molecule has 1 fully saturated rings. The molecule has 0 spiro atoms. The van der Waals surface area contributed by atoms with Gasteiger partial charge in [0.25, 0.3) is 0 Å². The molecule has 2 unspecified atom stereocenters. The van der Waals surface area contributed by atoms with Gasteiger partial charge in [-0.05, 0) is 78.1 Å². The first-order chi connectivity index (χ1) is 13.8. The highest BCUT2D eigenvalue weighted by Crippen LogP contribution is 2.46. The maximum absolute atomic E-state index is 9.96. The minimum absolute atomic E-state index is 0.300. The van der Waals surface area contributed by atoms with Gasteiger partial charge in [0.15, 0.2) is 0 Å². The van der Waals surface area contributed by atoms with Crippen LogP contribution in [0.25, 0.3) is 0 Å². The predicted octanol–water partition coefficient (Wildman–Crippen LogP) is 4.71. The smallest absolute Gasteiger partial charge is 0.123 e. The number of rotatable bonds is 4. The fourth-order valence-corrected chi connectivity index (χ4v) is 4.78. The molecule has 1 aliphatic heterocycles. The number of hydrogen-bond donors (Lipinski definition) is 2. The molecule has 5 rings (SSSR count). The molecule has 3 nitrogen and oxygen atoms in total. The molecular formula is C25H27NO2. The van der Waals surface area contributed by atoms with Crippen molar-refractivity contribution >= 4 is 0 Å². The van der Waals surface area contributed by atoms with E-state index < -0.39 is 0 Å². The molecule has 0 radical (unpaired) electrons. The molecule has 1 saturated heterocycles. The van der Waals surface area contributed by atoms with Gasteiger partial charge in [-0.1, -0.05) is 36.4 Å². The van der Waals surface area contributed by atoms with Crippen LogP contribution in [0.15, 0.2) is 66.3 Å². The Hall–Kier alpha value is -2.52. The molecule has 28 heavy (non-hydrogen) atoms. The molecule has 2 N–H and O–H groups in total. The fraction of sp³-hybridized carbons (Fsp3) is 0.360. The predicted molar refractivity (Wildman–Crippen MR) is 112 cm³/mol. The van der Waals surface area contributed by atoms with Crippen LogP contribution in [0, 0.1) is 5.92 Å². The number of hydrogen-bond acceptors (Lipinski definition) is 3. The third-order valence-electron chi connectivity index (χ3n) is 6.33. The molecule has 2 aliphatic carbocycles. The first-order valence-corrected chi connectivity index (χ1v) is 10.4. The van der Waals surface area contributed by atoms with Crippen molar-refractivity contribution < 1.29 is 9.84 Å². The molecule has 2 aromatic carbocycles. The van der Waals surface area contributed by atoms with Crippen LogP contribution >= 0.6 is 0 Å². The van der Waals surface area contributed by atoms with E-state index in [1.54, 1.807) is 0 Å². The maximum atomic E-state index is 9.96. The summed E-state index contributed by atoms with van der Waals surface area (Å²) in [5, 5.41) is 13.2. The largest absolute Gasteiger partial charge is 0.508 e. The number of phenolic OH excluding ortho intramolecular Hbond substituents is 1. The topological polar surface area (TPSA) is 41.5 Å². The van der Waals surface area contributed by atoms with Crippen LogP contribution < -0.4 is 10.1 Å². The Morgan fingerprint density at radius 1 is 1.00 bits per heavy atom. The zero-order chi connectivity index (χ0) is 18.9. The van der Waals surface area contributed by atoms with Gasteiger partial charge in [0, 0.05) is 19.0 Å². The number of ether oxygens (including phenoxy) is 1. The second-order valence-electron chi connectivity index (χ2n) is 8.16. The number of fused-ring (bicyclic) bond motifs is 1. The van der Waals surface area contributed by atoms with Gasteiger partial charge in [0.1, 0.15) is 17.6 Å². The molecule has 2 aromatic rings. The maximum Gasteiger partial charge on any atom is 0.123 e. The number of aryl methyl sites for hydroxylation is 1. The van der Waals surface area contributed by atoms with Gasteiger partial charge in [-0.25, -0.2) is 0 Å². The highest BCUT2D eigenvalue weighted by molar-refractivity contribution is 5.48. The highest BCUT2D eigenvalue weighted by Gasteiger charge is 2.33. The van der Waals surface area contributed by atoms with E-state index in [1.807, 2.05) is 12.1 Å². The molecule has 0 bridgehead atoms. The number of phenols is 1. The SMILES string of the molecule is Oc1ccc2c(c1)CCC(C1=CCCC=C1)C2c1ccc(OC2CNC2)cc1. The van der Waals surface area contributed by atoms with Crippen LogP contribution in [-0.4, -0.2) is 24.3 Å². The van der Waals surface area contributed by atoms with Crippen molar-refractivity contribution in [3.05, 3.63) is 83.0 Å². The number of aromatic hydroxyl groups is 1. The molecule has 1 heterocycles. The number of nitrogens with one attached hydrogen (secondary N) is 1. The van der Waals surface area contributed by atoms with Crippen LogP contribution in [-0.2, 0) is 6.42 Å². The van der Waals surface area contributed by atoms with Crippen LogP contribution in [0.5, 0.6) is 11.5 Å². The van der Waals surface area contributed by atoms with Gasteiger partial charge in [-0.15, -0.1) is 0 Å². The summed E-state index contributed by atoms with van der Waals surface area (Å²) in [6, 6.07) is 14.6. The van der Waals surface area contributed by atoms with E-state index in [9.17, 15) is 5.11 Å². The summed E-state index contributed by atoms with van der Waals surface area (Å²) in [6.45, 7) is 1.87. The highest BCUT2D eigenvalue weighted by atomic mass is 16.5. The first kappa shape index (κ1) is 17.6. The number of benzene rings is 2. The normalized spacial score (nSPS) is 24.2. The van der Waals surface area contributed by atoms with Crippen LogP contribution in [0.1, 0.15) is 41.9 Å². The standard InChI is InChI=1S/C25H27NO2/c27-20-9-13-24-19(14-20)8-12-23(17-4-2-1-3-5-17)25(24)18-6-10-21(11-7-18)28-22-15-26-16-22/h2,4-7,9-11,13-14,22-23,25-27H,1,3,8,12,15-16H2. The molecule has 3 aliphatic rings. The van der Waals surface area contributed by atoms with E-state index in [0.29, 0.717) is 23.7 Å². The van der Waals surface area contributed by atoms with Crippen LogP contribution in [0.2, 0.25) is 0 Å². The van der Waals surface area contributed by atoms with E-state index in [4.69, 9.17) is 4.74 Å². The van der Waals surface area contributed by atoms with Crippen molar-refractivity contribution in [3.8, 4) is 11.5 Å². The summed E-state index contributed by atoms with van der Waals surface area (Å²) in [6.07, 6.45) is 11.8. The van der Waals surface area contributed by atoms with E-state index in [2.05, 4.69) is 53.9 Å². The average molecular weight is 373 g/mol. The van der Waals surface area contributed by atoms with Crippen molar-refractivity contribution in [2.75, 3.05) is 13.1 Å². The Balaban J connectivity index is 1.50. The van der Waals surface area contributed by atoms with Gasteiger partial charge in [0.2, 0.25) is 0 Å². The van der Waals surface area contributed by atoms with Gasteiger partial charge in [-0.2, -0.15) is 0 Å². The Morgan fingerprint density at radius 3 is 2.57 bits per heavy atom. The van der Waals surface area contributed by atoms with Crippen molar-refractivity contribution in [2.24, 2.45) is 5.92 Å². The van der Waals surface area contributed by atoms with Crippen molar-refractivity contribution in [3.63, 3.8) is 0 Å². The zero-order valence-corrected chi connectivity index (χ0v) is 16.1. The summed E-state index contributed by atoms with van der Waals surface area (Å²) in [5.74, 6) is 2.12. The molecule has 0 saturated carbocycles. The van der Waals surface area contributed by atoms with Crippen LogP contribution in [0.3, 0.4) is 0 Å². The Kier molecular flexibility index (Phi) is 4.69. The van der Waals surface area contributed by atoms with Crippen molar-refractivity contribution in [2.45, 2.75) is 37.7 Å². The van der Waals surface area contributed by atoms with E-state index in [0.717, 1.165) is 44.5 Å². The van der Waals surface area contributed by atoms with Gasteiger partial charge < -0.3 is 15.2 Å². The summed E-state index contributed by atoms with van der Waals surface area (Å²) in [7, 11) is 0. The van der Waals surface area contributed by atoms with Crippen molar-refractivity contribution in [1.82, 2.24) is 5.32 Å². The summed E-state index contributed by atoms with van der Waals surface area (Å²) >= 11 is 0. The summed E-state index contributed by atoms with van der Waals surface area (Å²) < 4.78 is 6.00. The summed E-state index contributed by atoms with van der Waals surface area (Å²) in [4.78, 5) is 0. The molecule has 0 aromatic heterocycles. The Bertz CT molecular complexity index is 909. The molecule has 144 valence electrons. The monoisotopic (exact) mass is 373 g/mol. The molecular weight excluding hydrogens is 346 g/mol. The van der Waals surface area contributed by atoms with Crippen molar-refractivity contribution in [1.29, 1.82) is 0 Å². The minimum atomic E-state index is 0.300. The lowest BCUT2D eigenvalue weighted by Crippen LogP contribution is -2.50. The third kappa shape index (κ3) is 3.35. The van der Waals surface area contributed by atoms with E-state index >= 15 is 0 Å². The quantitative estimate of drug-likeness (QED) is 0.815. The lowest BCUT2D eigenvalue weighted by atomic mass is 9.68. The van der Waals surface area contributed by atoms with E-state index in [-0.39, 0.29) is 0 Å². The Morgan fingerprint density at radius 2 is 1.86 bits per heavy atom. The van der Waals surface area contributed by atoms with Crippen LogP contribution in [0.4, 0.5) is 0 Å². The van der Waals surface area contributed by atoms with E-state index in [1.165, 1.54) is 22.3 Å². The average Bonchev–Trinajstić information content (AvgIpc) is 2.71. The van der Waals surface area contributed by atoms with Gasteiger partial charge >= 0.3 is 0 Å². The minimum Gasteiger partial charge on any atom is -0.508 e. The van der Waals surface area contributed by atoms with Gasteiger partial charge in [0.05, 0.1) is 0 Å². The molecule has 2 atom stereocenters. The third-order valence-corrected chi connectivity index (χ3v) is 6.33. The lowest BCUT2D eigenvalue weighted by molar-refractivity contribution is 0.142. The van der Waals surface area contributed by atoms with Gasteiger partial charge in [-0.3, -0.25) is 0 Å². The molecule has 0 amide bonds. The second-order valence-corrected chi connectivity index (χ2v) is 8.16. The zero-order valence-electron chi connectivity index (χ0n) is 16.1. The molecule has 3 heteroatoms.